The Morgan fingerprint density at radius 2 is 2.14 bits per heavy atom. The van der Waals surface area contributed by atoms with Crippen LogP contribution in [0.25, 0.3) is 0 Å². The molecule has 2 N–H and O–H groups in total. The normalized spacial score (nSPS) is 15.1. The summed E-state index contributed by atoms with van der Waals surface area (Å²) in [6.07, 6.45) is 3.86. The molecule has 6 heteroatoms. The molecule has 0 spiro atoms. The van der Waals surface area contributed by atoms with E-state index in [1.165, 1.54) is 12.8 Å². The van der Waals surface area contributed by atoms with Crippen molar-refractivity contribution in [1.82, 2.24) is 5.32 Å². The molecule has 0 aromatic heterocycles. The van der Waals surface area contributed by atoms with Gasteiger partial charge in [0.1, 0.15) is 5.75 Å². The Bertz CT molecular complexity index is 463. The summed E-state index contributed by atoms with van der Waals surface area (Å²) in [7, 11) is 1.56. The molecule has 1 aliphatic rings. The van der Waals surface area contributed by atoms with Crippen LogP contribution in [0, 0.1) is 5.92 Å². The van der Waals surface area contributed by atoms with Crippen LogP contribution in [-0.4, -0.2) is 26.1 Å². The molecular formula is C15H22Cl2N2O2. The molecule has 1 aromatic carbocycles. The second-order valence-electron chi connectivity index (χ2n) is 5.13. The van der Waals surface area contributed by atoms with Gasteiger partial charge in [-0.15, -0.1) is 12.4 Å². The first-order valence-corrected chi connectivity index (χ1v) is 7.41. The van der Waals surface area contributed by atoms with Gasteiger partial charge in [-0.05, 0) is 50.4 Å². The lowest BCUT2D eigenvalue weighted by atomic mass is 9.93. The van der Waals surface area contributed by atoms with Crippen molar-refractivity contribution in [3.8, 4) is 5.75 Å². The van der Waals surface area contributed by atoms with Crippen LogP contribution in [0.4, 0.5) is 5.69 Å². The van der Waals surface area contributed by atoms with E-state index in [0.717, 1.165) is 25.2 Å². The highest BCUT2D eigenvalue weighted by Gasteiger charge is 2.14. The van der Waals surface area contributed by atoms with Crippen molar-refractivity contribution in [3.05, 3.63) is 23.2 Å². The van der Waals surface area contributed by atoms with Crippen LogP contribution in [0.15, 0.2) is 18.2 Å². The minimum absolute atomic E-state index is 0. The zero-order valence-electron chi connectivity index (χ0n) is 12.2. The van der Waals surface area contributed by atoms with Crippen molar-refractivity contribution in [2.24, 2.45) is 5.92 Å². The maximum Gasteiger partial charge on any atom is 0.224 e. The maximum absolute atomic E-state index is 11.9. The molecule has 2 rings (SSSR count). The second kappa shape index (κ2) is 9.13. The number of amides is 1. The molecule has 1 fully saturated rings. The third-order valence-electron chi connectivity index (χ3n) is 3.67. The number of anilines is 1. The van der Waals surface area contributed by atoms with E-state index in [0.29, 0.717) is 23.1 Å². The molecule has 0 bridgehead atoms. The van der Waals surface area contributed by atoms with Crippen LogP contribution in [0.2, 0.25) is 5.02 Å². The SMILES string of the molecule is COc1cc(NC(=O)CCC2CCNCC2)ccc1Cl.Cl. The summed E-state index contributed by atoms with van der Waals surface area (Å²) in [6, 6.07) is 5.25. The van der Waals surface area contributed by atoms with Crippen molar-refractivity contribution in [2.75, 3.05) is 25.5 Å². The summed E-state index contributed by atoms with van der Waals surface area (Å²) in [5, 5.41) is 6.77. The van der Waals surface area contributed by atoms with Crippen molar-refractivity contribution in [2.45, 2.75) is 25.7 Å². The van der Waals surface area contributed by atoms with Gasteiger partial charge >= 0.3 is 0 Å². The molecular weight excluding hydrogens is 311 g/mol. The van der Waals surface area contributed by atoms with E-state index in [1.54, 1.807) is 25.3 Å². The summed E-state index contributed by atoms with van der Waals surface area (Å²) >= 11 is 5.95. The van der Waals surface area contributed by atoms with Gasteiger partial charge in [-0.2, -0.15) is 0 Å². The van der Waals surface area contributed by atoms with E-state index in [1.807, 2.05) is 0 Å². The minimum atomic E-state index is 0. The molecule has 0 saturated carbocycles. The molecule has 0 unspecified atom stereocenters. The van der Waals surface area contributed by atoms with E-state index in [4.69, 9.17) is 16.3 Å². The Morgan fingerprint density at radius 3 is 2.81 bits per heavy atom. The highest BCUT2D eigenvalue weighted by molar-refractivity contribution is 6.32. The third-order valence-corrected chi connectivity index (χ3v) is 3.99. The molecule has 0 aliphatic carbocycles. The van der Waals surface area contributed by atoms with Crippen molar-refractivity contribution in [3.63, 3.8) is 0 Å². The molecule has 4 nitrogen and oxygen atoms in total. The topological polar surface area (TPSA) is 50.4 Å². The number of methoxy groups -OCH3 is 1. The predicted molar refractivity (Wildman–Crippen MR) is 88.7 cm³/mol. The van der Waals surface area contributed by atoms with Crippen LogP contribution in [-0.2, 0) is 4.79 Å². The monoisotopic (exact) mass is 332 g/mol. The Labute approximate surface area is 137 Å². The lowest BCUT2D eigenvalue weighted by Gasteiger charge is -2.22. The number of benzene rings is 1. The van der Waals surface area contributed by atoms with Gasteiger partial charge in [-0.25, -0.2) is 0 Å². The maximum atomic E-state index is 11.9. The van der Waals surface area contributed by atoms with Crippen LogP contribution in [0.1, 0.15) is 25.7 Å². The predicted octanol–water partition coefficient (Wildman–Crippen LogP) is 3.49. The standard InChI is InChI=1S/C15H21ClN2O2.ClH/c1-20-14-10-12(3-4-13(14)16)18-15(19)5-2-11-6-8-17-9-7-11;/h3-4,10-11,17H,2,5-9H2,1H3,(H,18,19);1H. The Morgan fingerprint density at radius 1 is 1.43 bits per heavy atom. The van der Waals surface area contributed by atoms with Crippen molar-refractivity contribution < 1.29 is 9.53 Å². The van der Waals surface area contributed by atoms with Gasteiger partial charge in [0.15, 0.2) is 0 Å². The molecule has 0 atom stereocenters. The number of halogens is 2. The van der Waals surface area contributed by atoms with E-state index < -0.39 is 0 Å². The summed E-state index contributed by atoms with van der Waals surface area (Å²) in [6.45, 7) is 2.14. The average molecular weight is 333 g/mol. The van der Waals surface area contributed by atoms with Crippen molar-refractivity contribution in [1.29, 1.82) is 0 Å². The number of carbonyl (C=O) groups is 1. The lowest BCUT2D eigenvalue weighted by molar-refractivity contribution is -0.116. The van der Waals surface area contributed by atoms with Crippen LogP contribution in [0.5, 0.6) is 5.75 Å². The summed E-state index contributed by atoms with van der Waals surface area (Å²) in [5.41, 5.74) is 0.724. The first-order chi connectivity index (χ1) is 9.69. The molecule has 1 amide bonds. The molecule has 1 aromatic rings. The highest BCUT2D eigenvalue weighted by Crippen LogP contribution is 2.27. The zero-order valence-corrected chi connectivity index (χ0v) is 13.7. The largest absolute Gasteiger partial charge is 0.495 e. The summed E-state index contributed by atoms with van der Waals surface area (Å²) in [4.78, 5) is 11.9. The first kappa shape index (κ1) is 18.1. The number of nitrogens with one attached hydrogen (secondary N) is 2. The summed E-state index contributed by atoms with van der Waals surface area (Å²) in [5.74, 6) is 1.29. The molecule has 0 radical (unpaired) electrons. The second-order valence-corrected chi connectivity index (χ2v) is 5.54. The van der Waals surface area contributed by atoms with Crippen molar-refractivity contribution >= 4 is 35.6 Å². The van der Waals surface area contributed by atoms with E-state index >= 15 is 0 Å². The van der Waals surface area contributed by atoms with Crippen LogP contribution < -0.4 is 15.4 Å². The van der Waals surface area contributed by atoms with E-state index in [-0.39, 0.29) is 18.3 Å². The van der Waals surface area contributed by atoms with Gasteiger partial charge < -0.3 is 15.4 Å². The number of carbonyl (C=O) groups excluding carboxylic acids is 1. The third kappa shape index (κ3) is 5.73. The lowest BCUT2D eigenvalue weighted by Crippen LogP contribution is -2.28. The van der Waals surface area contributed by atoms with Gasteiger partial charge in [0.2, 0.25) is 5.91 Å². The highest BCUT2D eigenvalue weighted by atomic mass is 35.5. The molecule has 21 heavy (non-hydrogen) atoms. The van der Waals surface area contributed by atoms with E-state index in [2.05, 4.69) is 10.6 Å². The van der Waals surface area contributed by atoms with E-state index in [9.17, 15) is 4.79 Å². The fourth-order valence-electron chi connectivity index (χ4n) is 2.47. The number of ether oxygens (including phenoxy) is 1. The average Bonchev–Trinajstić information content (AvgIpc) is 2.48. The summed E-state index contributed by atoms with van der Waals surface area (Å²) < 4.78 is 5.13. The fourth-order valence-corrected chi connectivity index (χ4v) is 2.66. The van der Waals surface area contributed by atoms with Gasteiger partial charge in [0.25, 0.3) is 0 Å². The Balaban J connectivity index is 0.00000220. The van der Waals surface area contributed by atoms with Gasteiger partial charge in [-0.3, -0.25) is 4.79 Å². The Kier molecular flexibility index (Phi) is 7.86. The number of piperidine rings is 1. The number of hydrogen-bond acceptors (Lipinski definition) is 3. The first-order valence-electron chi connectivity index (χ1n) is 7.03. The number of hydrogen-bond donors (Lipinski definition) is 2. The molecule has 1 saturated heterocycles. The van der Waals surface area contributed by atoms with Crippen LogP contribution in [0.3, 0.4) is 0 Å². The fraction of sp³-hybridized carbons (Fsp3) is 0.533. The molecule has 118 valence electrons. The molecule has 1 heterocycles. The zero-order chi connectivity index (χ0) is 14.4. The number of rotatable bonds is 5. The van der Waals surface area contributed by atoms with Gasteiger partial charge in [0, 0.05) is 18.2 Å². The van der Waals surface area contributed by atoms with Gasteiger partial charge in [0.05, 0.1) is 12.1 Å². The Hall–Kier alpha value is -0.970. The minimum Gasteiger partial charge on any atom is -0.495 e. The smallest absolute Gasteiger partial charge is 0.224 e. The quantitative estimate of drug-likeness (QED) is 0.867. The molecule has 1 aliphatic heterocycles. The van der Waals surface area contributed by atoms with Crippen LogP contribution >= 0.6 is 24.0 Å². The van der Waals surface area contributed by atoms with Gasteiger partial charge in [-0.1, -0.05) is 11.6 Å².